The maximum atomic E-state index is 10.6. The second-order valence-electron chi connectivity index (χ2n) is 3.16. The van der Waals surface area contributed by atoms with Crippen molar-refractivity contribution < 1.29 is 14.6 Å². The van der Waals surface area contributed by atoms with Crippen molar-refractivity contribution in [1.82, 2.24) is 5.32 Å². The number of nitrogens with one attached hydrogen (secondary N) is 1. The summed E-state index contributed by atoms with van der Waals surface area (Å²) < 4.78 is 5.30. The van der Waals surface area contributed by atoms with Crippen LogP contribution in [0, 0.1) is 0 Å². The van der Waals surface area contributed by atoms with Gasteiger partial charge in [-0.2, -0.15) is 0 Å². The van der Waals surface area contributed by atoms with E-state index < -0.39 is 12.1 Å². The minimum atomic E-state index is -0.920. The molecule has 2 N–H and O–H groups in total. The molecule has 2 unspecified atom stereocenters. The third kappa shape index (κ3) is 1.76. The lowest BCUT2D eigenvalue weighted by molar-refractivity contribution is -0.148. The van der Waals surface area contributed by atoms with Crippen LogP contribution in [0.3, 0.4) is 0 Å². The van der Waals surface area contributed by atoms with Gasteiger partial charge >= 0.3 is 5.97 Å². The van der Waals surface area contributed by atoms with Crippen molar-refractivity contribution in [2.45, 2.75) is 12.3 Å². The van der Waals surface area contributed by atoms with Crippen LogP contribution in [0.25, 0.3) is 0 Å². The fourth-order valence-corrected chi connectivity index (χ4v) is 1.44. The van der Waals surface area contributed by atoms with Gasteiger partial charge in [0.15, 0.2) is 6.10 Å². The molecule has 1 aliphatic heterocycles. The van der Waals surface area contributed by atoms with Gasteiger partial charge in [-0.15, -0.1) is 0 Å². The van der Waals surface area contributed by atoms with Crippen molar-refractivity contribution in [2.24, 2.45) is 0 Å². The van der Waals surface area contributed by atoms with Gasteiger partial charge in [-0.3, -0.25) is 5.32 Å². The smallest absolute Gasteiger partial charge is 0.334 e. The van der Waals surface area contributed by atoms with Gasteiger partial charge in [-0.25, -0.2) is 4.79 Å². The molecule has 2 rings (SSSR count). The van der Waals surface area contributed by atoms with Crippen LogP contribution in [0.4, 0.5) is 0 Å². The molecule has 0 aliphatic carbocycles. The molecular formula is C10H11NO3. The van der Waals surface area contributed by atoms with Gasteiger partial charge in [-0.05, 0) is 5.56 Å². The standard InChI is InChI=1S/C10H11NO3/c12-10(13)8-6-11-9(14-8)7-4-2-1-3-5-7/h1-5,8-9,11H,6H2,(H,12,13). The number of ether oxygens (including phenoxy) is 1. The number of benzene rings is 1. The Morgan fingerprint density at radius 2 is 2.14 bits per heavy atom. The average molecular weight is 193 g/mol. The normalized spacial score (nSPS) is 26.3. The molecule has 1 aromatic carbocycles. The Morgan fingerprint density at radius 1 is 1.43 bits per heavy atom. The van der Waals surface area contributed by atoms with Crippen LogP contribution < -0.4 is 5.32 Å². The molecule has 0 bridgehead atoms. The fraction of sp³-hybridized carbons (Fsp3) is 0.300. The van der Waals surface area contributed by atoms with Crippen LogP contribution in [0.15, 0.2) is 30.3 Å². The molecule has 74 valence electrons. The first-order valence-corrected chi connectivity index (χ1v) is 4.44. The van der Waals surface area contributed by atoms with Gasteiger partial charge in [0, 0.05) is 6.54 Å². The highest BCUT2D eigenvalue weighted by atomic mass is 16.5. The highest BCUT2D eigenvalue weighted by Crippen LogP contribution is 2.20. The molecule has 14 heavy (non-hydrogen) atoms. The molecule has 0 saturated carbocycles. The summed E-state index contributed by atoms with van der Waals surface area (Å²) in [5.41, 5.74) is 0.955. The summed E-state index contributed by atoms with van der Waals surface area (Å²) in [6, 6.07) is 9.51. The van der Waals surface area contributed by atoms with E-state index in [4.69, 9.17) is 9.84 Å². The minimum absolute atomic E-state index is 0.294. The summed E-state index contributed by atoms with van der Waals surface area (Å²) in [5.74, 6) is -0.920. The molecule has 0 spiro atoms. The van der Waals surface area contributed by atoms with Gasteiger partial charge in [0.25, 0.3) is 0 Å². The van der Waals surface area contributed by atoms with E-state index in [-0.39, 0.29) is 6.23 Å². The molecule has 1 saturated heterocycles. The van der Waals surface area contributed by atoms with Crippen molar-refractivity contribution in [3.05, 3.63) is 35.9 Å². The van der Waals surface area contributed by atoms with Crippen LogP contribution in [-0.2, 0) is 9.53 Å². The van der Waals surface area contributed by atoms with Crippen LogP contribution in [0.1, 0.15) is 11.8 Å². The van der Waals surface area contributed by atoms with Gasteiger partial charge in [0.1, 0.15) is 6.23 Å². The zero-order valence-corrected chi connectivity index (χ0v) is 7.51. The maximum Gasteiger partial charge on any atom is 0.334 e. The number of aliphatic carboxylic acids is 1. The van der Waals surface area contributed by atoms with E-state index in [1.54, 1.807) is 0 Å². The largest absolute Gasteiger partial charge is 0.479 e. The highest BCUT2D eigenvalue weighted by molar-refractivity contribution is 5.73. The Balaban J connectivity index is 2.06. The van der Waals surface area contributed by atoms with Crippen molar-refractivity contribution in [3.8, 4) is 0 Å². The quantitative estimate of drug-likeness (QED) is 0.728. The molecular weight excluding hydrogens is 182 g/mol. The first-order valence-electron chi connectivity index (χ1n) is 4.44. The Hall–Kier alpha value is -1.39. The van der Waals surface area contributed by atoms with E-state index in [1.807, 2.05) is 30.3 Å². The fourth-order valence-electron chi connectivity index (χ4n) is 1.44. The molecule has 2 atom stereocenters. The third-order valence-corrected chi connectivity index (χ3v) is 2.17. The second-order valence-corrected chi connectivity index (χ2v) is 3.16. The zero-order valence-electron chi connectivity index (χ0n) is 7.51. The molecule has 0 amide bonds. The molecule has 1 aliphatic rings. The summed E-state index contributed by atoms with van der Waals surface area (Å²) in [4.78, 5) is 10.6. The van der Waals surface area contributed by atoms with E-state index in [0.717, 1.165) is 5.56 Å². The monoisotopic (exact) mass is 193 g/mol. The number of carboxylic acid groups (broad SMARTS) is 1. The Kier molecular flexibility index (Phi) is 2.47. The summed E-state index contributed by atoms with van der Waals surface area (Å²) in [7, 11) is 0. The van der Waals surface area contributed by atoms with Crippen molar-refractivity contribution in [3.63, 3.8) is 0 Å². The number of carboxylic acids is 1. The number of hydrogen-bond acceptors (Lipinski definition) is 3. The lowest BCUT2D eigenvalue weighted by Gasteiger charge is -2.10. The van der Waals surface area contributed by atoms with Gasteiger partial charge < -0.3 is 9.84 Å². The van der Waals surface area contributed by atoms with E-state index in [1.165, 1.54) is 0 Å². The van der Waals surface area contributed by atoms with Crippen LogP contribution in [-0.4, -0.2) is 23.7 Å². The highest BCUT2D eigenvalue weighted by Gasteiger charge is 2.30. The summed E-state index contributed by atoms with van der Waals surface area (Å²) in [6.45, 7) is 0.356. The van der Waals surface area contributed by atoms with Crippen molar-refractivity contribution in [2.75, 3.05) is 6.54 Å². The van der Waals surface area contributed by atoms with Crippen molar-refractivity contribution >= 4 is 5.97 Å². The van der Waals surface area contributed by atoms with Crippen LogP contribution >= 0.6 is 0 Å². The van der Waals surface area contributed by atoms with E-state index in [9.17, 15) is 4.79 Å². The van der Waals surface area contributed by atoms with Gasteiger partial charge in [-0.1, -0.05) is 30.3 Å². The van der Waals surface area contributed by atoms with E-state index in [0.29, 0.717) is 6.54 Å². The maximum absolute atomic E-state index is 10.6. The Morgan fingerprint density at radius 3 is 2.71 bits per heavy atom. The molecule has 4 heteroatoms. The Labute approximate surface area is 81.5 Å². The Bertz CT molecular complexity index is 325. The summed E-state index contributed by atoms with van der Waals surface area (Å²) >= 11 is 0. The topological polar surface area (TPSA) is 58.6 Å². The van der Waals surface area contributed by atoms with Gasteiger partial charge in [0.2, 0.25) is 0 Å². The molecule has 0 aromatic heterocycles. The lowest BCUT2D eigenvalue weighted by Crippen LogP contribution is -2.23. The van der Waals surface area contributed by atoms with Crippen LogP contribution in [0.2, 0.25) is 0 Å². The first-order chi connectivity index (χ1) is 6.77. The second kappa shape index (κ2) is 3.77. The average Bonchev–Trinajstić information content (AvgIpc) is 2.68. The molecule has 4 nitrogen and oxygen atoms in total. The molecule has 1 heterocycles. The summed E-state index contributed by atoms with van der Waals surface area (Å²) in [6.07, 6.45) is -1.03. The number of rotatable bonds is 2. The predicted molar refractivity (Wildman–Crippen MR) is 49.7 cm³/mol. The number of hydrogen-bond donors (Lipinski definition) is 2. The SMILES string of the molecule is O=C(O)C1CNC(c2ccccc2)O1. The molecule has 1 fully saturated rings. The van der Waals surface area contributed by atoms with Crippen LogP contribution in [0.5, 0.6) is 0 Å². The minimum Gasteiger partial charge on any atom is -0.479 e. The first kappa shape index (κ1) is 9.18. The third-order valence-electron chi connectivity index (χ3n) is 2.17. The summed E-state index contributed by atoms with van der Waals surface area (Å²) in [5, 5.41) is 11.7. The predicted octanol–water partition coefficient (Wildman–Crippen LogP) is 0.758. The van der Waals surface area contributed by atoms with E-state index >= 15 is 0 Å². The molecule has 1 aromatic rings. The molecule has 0 radical (unpaired) electrons. The lowest BCUT2D eigenvalue weighted by atomic mass is 10.2. The number of carbonyl (C=O) groups is 1. The van der Waals surface area contributed by atoms with Gasteiger partial charge in [0.05, 0.1) is 0 Å². The zero-order chi connectivity index (χ0) is 9.97. The van der Waals surface area contributed by atoms with E-state index in [2.05, 4.69) is 5.32 Å². The van der Waals surface area contributed by atoms with Crippen molar-refractivity contribution in [1.29, 1.82) is 0 Å².